The van der Waals surface area contributed by atoms with Crippen LogP contribution >= 0.6 is 0 Å². The molecule has 0 unspecified atom stereocenters. The van der Waals surface area contributed by atoms with Gasteiger partial charge in [-0.3, -0.25) is 0 Å². The zero-order chi connectivity index (χ0) is 16.2. The third kappa shape index (κ3) is 24.6. The zero-order valence-corrected chi connectivity index (χ0v) is 15.5. The van der Waals surface area contributed by atoms with Crippen molar-refractivity contribution < 1.29 is 0 Å². The van der Waals surface area contributed by atoms with Gasteiger partial charge in [0.15, 0.2) is 0 Å². The van der Waals surface area contributed by atoms with Crippen LogP contribution in [-0.2, 0) is 0 Å². The lowest BCUT2D eigenvalue weighted by Gasteiger charge is -1.93. The molecule has 21 heavy (non-hydrogen) atoms. The highest BCUT2D eigenvalue weighted by atomic mass is 13.9. The van der Waals surface area contributed by atoms with E-state index >= 15 is 0 Å². The first-order valence-electron chi connectivity index (χ1n) is 9.24. The monoisotopic (exact) mass is 292 g/mol. The largest absolute Gasteiger partial charge is 0.0654 e. The van der Waals surface area contributed by atoms with Crippen molar-refractivity contribution in [2.45, 2.75) is 98.8 Å². The summed E-state index contributed by atoms with van der Waals surface area (Å²) in [6.45, 7) is 11.1. The Balaban J connectivity index is 0. The third-order valence-corrected chi connectivity index (χ3v) is 3.35. The smallest absolute Gasteiger partial charge is 0.0398 e. The predicted octanol–water partition coefficient (Wildman–Crippen LogP) is 7.95. The lowest BCUT2D eigenvalue weighted by Crippen LogP contribution is -1.73. The highest BCUT2D eigenvalue weighted by Crippen LogP contribution is 2.03. The highest BCUT2D eigenvalue weighted by molar-refractivity contribution is 5.11. The minimum absolute atomic E-state index is 1.32. The van der Waals surface area contributed by atoms with Crippen LogP contribution in [0.4, 0.5) is 0 Å². The Morgan fingerprint density at radius 2 is 0.857 bits per heavy atom. The number of aryl methyl sites for hydroxylation is 1. The summed E-state index contributed by atoms with van der Waals surface area (Å²) >= 11 is 0. The summed E-state index contributed by atoms with van der Waals surface area (Å²) in [6, 6.07) is 10.3. The second kappa shape index (κ2) is 21.5. The van der Waals surface area contributed by atoms with Crippen molar-refractivity contribution in [1.82, 2.24) is 0 Å². The Morgan fingerprint density at radius 1 is 0.524 bits per heavy atom. The van der Waals surface area contributed by atoms with E-state index in [2.05, 4.69) is 46.8 Å². The molecule has 0 heterocycles. The molecule has 1 aromatic carbocycles. The Hall–Kier alpha value is -0.780. The van der Waals surface area contributed by atoms with E-state index in [9.17, 15) is 0 Å². The average molecular weight is 293 g/mol. The molecule has 0 fully saturated rings. The molecule has 124 valence electrons. The lowest BCUT2D eigenvalue weighted by molar-refractivity contribution is 0.624. The van der Waals surface area contributed by atoms with Gasteiger partial charge < -0.3 is 0 Å². The van der Waals surface area contributed by atoms with Gasteiger partial charge in [0, 0.05) is 0 Å². The molecule has 0 saturated carbocycles. The van der Waals surface area contributed by atoms with Gasteiger partial charge in [0.2, 0.25) is 0 Å². The molecule has 0 bridgehead atoms. The summed E-state index contributed by atoms with van der Waals surface area (Å²) in [5.41, 5.74) is 1.32. The molecule has 0 nitrogen and oxygen atoms in total. The molecule has 0 aliphatic carbocycles. The van der Waals surface area contributed by atoms with Gasteiger partial charge in [-0.1, -0.05) is 128 Å². The van der Waals surface area contributed by atoms with E-state index < -0.39 is 0 Å². The number of unbranched alkanes of at least 4 members (excludes halogenated alkanes) is 8. The maximum absolute atomic E-state index is 2.26. The van der Waals surface area contributed by atoms with Gasteiger partial charge in [0.1, 0.15) is 0 Å². The van der Waals surface area contributed by atoms with E-state index in [-0.39, 0.29) is 0 Å². The van der Waals surface area contributed by atoms with Gasteiger partial charge in [-0.2, -0.15) is 0 Å². The Bertz CT molecular complexity index is 240. The van der Waals surface area contributed by atoms with Crippen LogP contribution in [0.3, 0.4) is 0 Å². The van der Waals surface area contributed by atoms with E-state index in [4.69, 9.17) is 0 Å². The van der Waals surface area contributed by atoms with E-state index in [1.165, 1.54) is 69.8 Å². The molecular formula is C21H40. The third-order valence-electron chi connectivity index (χ3n) is 3.35. The Labute approximate surface area is 135 Å². The van der Waals surface area contributed by atoms with Crippen molar-refractivity contribution in [2.75, 3.05) is 0 Å². The van der Waals surface area contributed by atoms with E-state index in [0.29, 0.717) is 0 Å². The van der Waals surface area contributed by atoms with Crippen molar-refractivity contribution in [2.24, 2.45) is 0 Å². The fourth-order valence-corrected chi connectivity index (χ4v) is 1.89. The van der Waals surface area contributed by atoms with Crippen molar-refractivity contribution in [3.63, 3.8) is 0 Å². The fourth-order valence-electron chi connectivity index (χ4n) is 1.89. The lowest BCUT2D eigenvalue weighted by atomic mass is 10.1. The van der Waals surface area contributed by atoms with Gasteiger partial charge in [0.05, 0.1) is 0 Å². The van der Waals surface area contributed by atoms with Gasteiger partial charge >= 0.3 is 0 Å². The van der Waals surface area contributed by atoms with Crippen LogP contribution in [0.15, 0.2) is 30.3 Å². The number of benzene rings is 1. The first-order chi connectivity index (χ1) is 10.2. The van der Waals surface area contributed by atoms with Crippen LogP contribution < -0.4 is 0 Å². The van der Waals surface area contributed by atoms with Crippen molar-refractivity contribution in [3.05, 3.63) is 35.9 Å². The quantitative estimate of drug-likeness (QED) is 0.426. The van der Waals surface area contributed by atoms with Gasteiger partial charge in [-0.15, -0.1) is 0 Å². The molecule has 0 aromatic heterocycles. The number of hydrogen-bond donors (Lipinski definition) is 0. The molecule has 0 amide bonds. The number of rotatable bonds is 8. The van der Waals surface area contributed by atoms with Crippen LogP contribution in [0.5, 0.6) is 0 Å². The van der Waals surface area contributed by atoms with Crippen LogP contribution in [-0.4, -0.2) is 0 Å². The summed E-state index contributed by atoms with van der Waals surface area (Å²) in [5, 5.41) is 0. The topological polar surface area (TPSA) is 0 Å². The molecule has 0 radical (unpaired) electrons. The molecule has 0 saturated heterocycles. The van der Waals surface area contributed by atoms with Crippen LogP contribution in [0.2, 0.25) is 0 Å². The second-order valence-electron chi connectivity index (χ2n) is 5.78. The molecule has 1 aromatic rings. The van der Waals surface area contributed by atoms with Crippen molar-refractivity contribution in [1.29, 1.82) is 0 Å². The normalized spacial score (nSPS) is 9.19. The molecule has 0 N–H and O–H groups in total. The zero-order valence-electron chi connectivity index (χ0n) is 15.5. The van der Waals surface area contributed by atoms with Gasteiger partial charge in [-0.05, 0) is 6.92 Å². The molecular weight excluding hydrogens is 252 g/mol. The first-order valence-corrected chi connectivity index (χ1v) is 9.24. The maximum Gasteiger partial charge on any atom is -0.0398 e. The van der Waals surface area contributed by atoms with Crippen molar-refractivity contribution in [3.8, 4) is 0 Å². The molecule has 1 rings (SSSR count). The van der Waals surface area contributed by atoms with Gasteiger partial charge in [0.25, 0.3) is 0 Å². The minimum atomic E-state index is 1.32. The molecule has 0 atom stereocenters. The summed E-state index contributed by atoms with van der Waals surface area (Å²) in [4.78, 5) is 0. The summed E-state index contributed by atoms with van der Waals surface area (Å²) in [7, 11) is 0. The predicted molar refractivity (Wildman–Crippen MR) is 100 cm³/mol. The standard InChI is InChI=1S/C8H18.C7H8.C6H14/c1-3-5-7-8-6-4-2;1-7-5-3-2-4-6-7;1-3-5-6-4-2/h3-8H2,1-2H3;2-6H,1H3;3-6H2,1-2H3. The average Bonchev–Trinajstić information content (AvgIpc) is 2.52. The second-order valence-corrected chi connectivity index (χ2v) is 5.78. The first kappa shape index (κ1) is 22.5. The minimum Gasteiger partial charge on any atom is -0.0654 e. The van der Waals surface area contributed by atoms with Crippen LogP contribution in [0.1, 0.15) is 97.5 Å². The van der Waals surface area contributed by atoms with E-state index in [0.717, 1.165) is 0 Å². The fraction of sp³-hybridized carbons (Fsp3) is 0.714. The molecule has 0 aliphatic heterocycles. The molecule has 0 spiro atoms. The summed E-state index contributed by atoms with van der Waals surface area (Å²) in [5.74, 6) is 0. The Morgan fingerprint density at radius 3 is 1.10 bits per heavy atom. The summed E-state index contributed by atoms with van der Waals surface area (Å²) in [6.07, 6.45) is 14.0. The molecule has 0 aliphatic rings. The van der Waals surface area contributed by atoms with Crippen LogP contribution in [0, 0.1) is 6.92 Å². The molecule has 0 heteroatoms. The summed E-state index contributed by atoms with van der Waals surface area (Å²) < 4.78 is 0. The Kier molecular flexibility index (Phi) is 23.1. The maximum atomic E-state index is 2.26. The number of hydrogen-bond acceptors (Lipinski definition) is 0. The highest BCUT2D eigenvalue weighted by Gasteiger charge is 1.83. The van der Waals surface area contributed by atoms with E-state index in [1.54, 1.807) is 0 Å². The van der Waals surface area contributed by atoms with Crippen molar-refractivity contribution >= 4 is 0 Å². The van der Waals surface area contributed by atoms with Crippen LogP contribution in [0.25, 0.3) is 0 Å². The SMILES string of the molecule is CCCCCC.CCCCCCCC.Cc1ccccc1. The van der Waals surface area contributed by atoms with E-state index in [1.807, 2.05) is 18.2 Å². The van der Waals surface area contributed by atoms with Gasteiger partial charge in [-0.25, -0.2) is 0 Å².